The molecule has 3 aliphatic heterocycles. The van der Waals surface area contributed by atoms with Crippen molar-refractivity contribution in [3.8, 4) is 22.5 Å². The van der Waals surface area contributed by atoms with Crippen molar-refractivity contribution in [2.75, 3.05) is 32.0 Å². The molecule has 39 heavy (non-hydrogen) atoms. The summed E-state index contributed by atoms with van der Waals surface area (Å²) in [6, 6.07) is 10.7. The van der Waals surface area contributed by atoms with Gasteiger partial charge in [0.2, 0.25) is 5.95 Å². The highest BCUT2D eigenvalue weighted by Crippen LogP contribution is 2.41. The van der Waals surface area contributed by atoms with E-state index >= 15 is 4.39 Å². The smallest absolute Gasteiger partial charge is 0.407 e. The van der Waals surface area contributed by atoms with Gasteiger partial charge in [-0.25, -0.2) is 9.78 Å². The number of anilines is 1. The van der Waals surface area contributed by atoms with Crippen LogP contribution in [-0.4, -0.2) is 58.3 Å². The van der Waals surface area contributed by atoms with Crippen LogP contribution < -0.4 is 11.1 Å². The number of rotatable bonds is 4. The minimum absolute atomic E-state index is 0.0386. The quantitative estimate of drug-likeness (QED) is 0.451. The number of halogens is 1. The number of carboxylic acid groups (broad SMARTS) is 1. The highest BCUT2D eigenvalue weighted by atomic mass is 19.1. The van der Waals surface area contributed by atoms with E-state index in [0.717, 1.165) is 36.0 Å². The van der Waals surface area contributed by atoms with Crippen LogP contribution in [0.5, 0.6) is 0 Å². The SMILES string of the molecule is Nc1nc(F)c(-c2ccc(C3CCOCC3)c([C@@H]3CCCN3C(=O)O)c2)nc1-c1ccc2c(c1)CCNC2=O. The second kappa shape index (κ2) is 10.3. The number of carbonyl (C=O) groups excluding carboxylic acids is 1. The summed E-state index contributed by atoms with van der Waals surface area (Å²) in [4.78, 5) is 34.3. The predicted octanol–water partition coefficient (Wildman–Crippen LogP) is 4.53. The molecule has 3 aliphatic rings. The molecular formula is C29H30FN5O4. The van der Waals surface area contributed by atoms with Gasteiger partial charge >= 0.3 is 6.09 Å². The van der Waals surface area contributed by atoms with Crippen LogP contribution >= 0.6 is 0 Å². The molecule has 2 aromatic carbocycles. The van der Waals surface area contributed by atoms with Gasteiger partial charge in [-0.3, -0.25) is 4.79 Å². The number of nitrogens with two attached hydrogens (primary N) is 1. The van der Waals surface area contributed by atoms with Crippen molar-refractivity contribution in [2.45, 2.75) is 44.1 Å². The average Bonchev–Trinajstić information content (AvgIpc) is 3.44. The molecule has 4 heterocycles. The molecule has 1 aromatic heterocycles. The molecule has 2 saturated heterocycles. The predicted molar refractivity (Wildman–Crippen MR) is 143 cm³/mol. The van der Waals surface area contributed by atoms with E-state index in [1.54, 1.807) is 12.1 Å². The van der Waals surface area contributed by atoms with Crippen LogP contribution in [0.25, 0.3) is 22.5 Å². The largest absolute Gasteiger partial charge is 0.465 e. The van der Waals surface area contributed by atoms with E-state index in [2.05, 4.69) is 15.3 Å². The maximum atomic E-state index is 15.3. The number of hydrogen-bond acceptors (Lipinski definition) is 6. The Bertz CT molecular complexity index is 1460. The number of fused-ring (bicyclic) bond motifs is 1. The Kier molecular flexibility index (Phi) is 6.64. The van der Waals surface area contributed by atoms with Crippen LogP contribution in [0.3, 0.4) is 0 Å². The standard InChI is InChI=1S/C29H30FN5O4/c30-26-24(33-25(27(31)34-26)18-4-6-21-17(14-18)7-10-32-28(21)36)19-3-5-20(16-8-12-39-13-9-16)22(15-19)23-2-1-11-35(23)29(37)38/h3-6,14-16,23H,1-2,7-13H2,(H2,31,34)(H,32,36)(H,37,38)/t23-/m0/s1. The van der Waals surface area contributed by atoms with Gasteiger partial charge in [0, 0.05) is 43.0 Å². The summed E-state index contributed by atoms with van der Waals surface area (Å²) in [5.41, 5.74) is 11.1. The lowest BCUT2D eigenvalue weighted by Crippen LogP contribution is -2.31. The first kappa shape index (κ1) is 25.2. The third kappa shape index (κ3) is 4.69. The molecule has 1 atom stereocenters. The molecule has 0 spiro atoms. The number of nitrogens with zero attached hydrogens (tertiary/aromatic N) is 3. The van der Waals surface area contributed by atoms with Gasteiger partial charge in [-0.2, -0.15) is 9.37 Å². The van der Waals surface area contributed by atoms with Gasteiger partial charge < -0.3 is 25.8 Å². The van der Waals surface area contributed by atoms with Crippen molar-refractivity contribution in [2.24, 2.45) is 0 Å². The van der Waals surface area contributed by atoms with Gasteiger partial charge in [0.15, 0.2) is 5.82 Å². The summed E-state index contributed by atoms with van der Waals surface area (Å²) in [7, 11) is 0. The van der Waals surface area contributed by atoms with E-state index in [4.69, 9.17) is 10.5 Å². The molecule has 2 fully saturated rings. The zero-order chi connectivity index (χ0) is 27.1. The lowest BCUT2D eigenvalue weighted by molar-refractivity contribution is 0.0847. The van der Waals surface area contributed by atoms with Crippen LogP contribution in [0.1, 0.15) is 64.7 Å². The van der Waals surface area contributed by atoms with Gasteiger partial charge in [0.25, 0.3) is 5.91 Å². The second-order valence-electron chi connectivity index (χ2n) is 10.3. The first-order valence-electron chi connectivity index (χ1n) is 13.4. The molecule has 0 radical (unpaired) electrons. The van der Waals surface area contributed by atoms with Crippen LogP contribution in [0.4, 0.5) is 15.0 Å². The van der Waals surface area contributed by atoms with Crippen LogP contribution in [0.2, 0.25) is 0 Å². The summed E-state index contributed by atoms with van der Waals surface area (Å²) in [5.74, 6) is -0.714. The van der Waals surface area contributed by atoms with Gasteiger partial charge in [-0.05, 0) is 72.9 Å². The highest BCUT2D eigenvalue weighted by Gasteiger charge is 2.33. The molecule has 10 heteroatoms. The molecule has 202 valence electrons. The summed E-state index contributed by atoms with van der Waals surface area (Å²) in [6.07, 6.45) is 2.89. The fourth-order valence-electron chi connectivity index (χ4n) is 6.11. The molecule has 2 amide bonds. The molecule has 9 nitrogen and oxygen atoms in total. The Labute approximate surface area is 225 Å². The van der Waals surface area contributed by atoms with E-state index in [1.807, 2.05) is 24.3 Å². The first-order chi connectivity index (χ1) is 18.9. The zero-order valence-electron chi connectivity index (χ0n) is 21.5. The Morgan fingerprint density at radius 2 is 1.82 bits per heavy atom. The number of aromatic nitrogens is 2. The lowest BCUT2D eigenvalue weighted by Gasteiger charge is -2.30. The van der Waals surface area contributed by atoms with E-state index in [9.17, 15) is 14.7 Å². The summed E-state index contributed by atoms with van der Waals surface area (Å²) < 4.78 is 20.9. The Morgan fingerprint density at radius 3 is 2.62 bits per heavy atom. The minimum Gasteiger partial charge on any atom is -0.465 e. The van der Waals surface area contributed by atoms with Gasteiger partial charge in [-0.15, -0.1) is 0 Å². The van der Waals surface area contributed by atoms with E-state index < -0.39 is 12.0 Å². The topological polar surface area (TPSA) is 131 Å². The number of benzene rings is 2. The third-order valence-corrected chi connectivity index (χ3v) is 8.06. The zero-order valence-corrected chi connectivity index (χ0v) is 21.5. The normalized spacial score (nSPS) is 19.6. The third-order valence-electron chi connectivity index (χ3n) is 8.06. The highest BCUT2D eigenvalue weighted by molar-refractivity contribution is 5.97. The minimum atomic E-state index is -0.956. The molecule has 4 N–H and O–H groups in total. The average molecular weight is 532 g/mol. The van der Waals surface area contributed by atoms with E-state index in [1.165, 1.54) is 4.90 Å². The molecule has 0 bridgehead atoms. The van der Waals surface area contributed by atoms with Crippen molar-refractivity contribution in [1.82, 2.24) is 20.2 Å². The fraction of sp³-hybridized carbons (Fsp3) is 0.379. The first-order valence-corrected chi connectivity index (χ1v) is 13.4. The number of nitrogen functional groups attached to an aromatic ring is 1. The number of likely N-dealkylation sites (tertiary alicyclic amines) is 1. The maximum Gasteiger partial charge on any atom is 0.407 e. The van der Waals surface area contributed by atoms with Crippen molar-refractivity contribution >= 4 is 17.8 Å². The lowest BCUT2D eigenvalue weighted by atomic mass is 9.84. The van der Waals surface area contributed by atoms with Crippen LogP contribution in [-0.2, 0) is 11.2 Å². The Morgan fingerprint density at radius 1 is 1.05 bits per heavy atom. The number of nitrogens with one attached hydrogen (secondary N) is 1. The van der Waals surface area contributed by atoms with Gasteiger partial charge in [-0.1, -0.05) is 18.2 Å². The Hall–Kier alpha value is -4.05. The molecule has 0 aliphatic carbocycles. The van der Waals surface area contributed by atoms with Crippen molar-refractivity contribution in [1.29, 1.82) is 0 Å². The summed E-state index contributed by atoms with van der Waals surface area (Å²) >= 11 is 0. The van der Waals surface area contributed by atoms with Gasteiger partial charge in [0.1, 0.15) is 11.4 Å². The molecular weight excluding hydrogens is 501 g/mol. The van der Waals surface area contributed by atoms with Crippen LogP contribution in [0.15, 0.2) is 36.4 Å². The molecule has 6 rings (SSSR count). The van der Waals surface area contributed by atoms with Crippen molar-refractivity contribution < 1.29 is 23.8 Å². The summed E-state index contributed by atoms with van der Waals surface area (Å²) in [6.45, 7) is 2.32. The van der Waals surface area contributed by atoms with Crippen LogP contribution in [0, 0.1) is 5.95 Å². The van der Waals surface area contributed by atoms with E-state index in [-0.39, 0.29) is 29.4 Å². The van der Waals surface area contributed by atoms with Crippen molar-refractivity contribution in [3.05, 3.63) is 64.6 Å². The second-order valence-corrected chi connectivity index (χ2v) is 10.3. The number of carbonyl (C=O) groups is 2. The van der Waals surface area contributed by atoms with E-state index in [0.29, 0.717) is 61.5 Å². The Balaban J connectivity index is 1.44. The van der Waals surface area contributed by atoms with Crippen molar-refractivity contribution in [3.63, 3.8) is 0 Å². The fourth-order valence-corrected chi connectivity index (χ4v) is 6.11. The maximum absolute atomic E-state index is 15.3. The molecule has 3 aromatic rings. The monoisotopic (exact) mass is 531 g/mol. The number of ether oxygens (including phenoxy) is 1. The van der Waals surface area contributed by atoms with Gasteiger partial charge in [0.05, 0.1) is 6.04 Å². The summed E-state index contributed by atoms with van der Waals surface area (Å²) in [5, 5.41) is 12.7. The number of amides is 2. The molecule has 0 saturated carbocycles. The number of hydrogen-bond donors (Lipinski definition) is 3. The molecule has 0 unspecified atom stereocenters.